The van der Waals surface area contributed by atoms with Gasteiger partial charge in [-0.25, -0.2) is 4.79 Å². The first-order valence-electron chi connectivity index (χ1n) is 8.57. The van der Waals surface area contributed by atoms with Crippen LogP contribution in [0.25, 0.3) is 0 Å². The molecule has 0 heterocycles. The molecule has 0 aliphatic carbocycles. The number of benzene rings is 1. The maximum Gasteiger partial charge on any atom is 0.337 e. The number of methoxy groups -OCH3 is 1. The van der Waals surface area contributed by atoms with Crippen LogP contribution < -0.4 is 5.32 Å². The molecule has 0 spiro atoms. The van der Waals surface area contributed by atoms with Crippen LogP contribution in [0.4, 0.5) is 5.69 Å². The number of nitrogens with zero attached hydrogens (tertiary/aromatic N) is 1. The van der Waals surface area contributed by atoms with Gasteiger partial charge in [-0.2, -0.15) is 0 Å². The normalized spacial score (nSPS) is 10.9. The van der Waals surface area contributed by atoms with Gasteiger partial charge in [0.05, 0.1) is 12.7 Å². The first-order valence-corrected chi connectivity index (χ1v) is 8.57. The van der Waals surface area contributed by atoms with Crippen LogP contribution in [0.1, 0.15) is 50.9 Å². The molecule has 1 rings (SSSR count). The van der Waals surface area contributed by atoms with E-state index in [0.717, 1.165) is 12.8 Å². The zero-order valence-electron chi connectivity index (χ0n) is 15.7. The fourth-order valence-electron chi connectivity index (χ4n) is 2.48. The van der Waals surface area contributed by atoms with Gasteiger partial charge in [-0.15, -0.1) is 0 Å². The molecule has 1 aromatic carbocycles. The van der Waals surface area contributed by atoms with Crippen LogP contribution in [-0.2, 0) is 14.3 Å². The Balaban J connectivity index is 2.93. The Kier molecular flexibility index (Phi) is 7.61. The van der Waals surface area contributed by atoms with Crippen molar-refractivity contribution in [3.05, 3.63) is 29.8 Å². The number of esters is 1. The molecule has 0 saturated carbocycles. The predicted molar refractivity (Wildman–Crippen MR) is 97.4 cm³/mol. The molecule has 0 fully saturated rings. The topological polar surface area (TPSA) is 75.7 Å². The van der Waals surface area contributed by atoms with Crippen molar-refractivity contribution in [2.24, 2.45) is 5.41 Å². The van der Waals surface area contributed by atoms with Crippen molar-refractivity contribution in [2.75, 3.05) is 25.5 Å². The van der Waals surface area contributed by atoms with E-state index in [1.807, 2.05) is 13.8 Å². The van der Waals surface area contributed by atoms with Crippen molar-refractivity contribution in [2.45, 2.75) is 40.5 Å². The molecule has 1 N–H and O–H groups in total. The monoisotopic (exact) mass is 348 g/mol. The van der Waals surface area contributed by atoms with E-state index in [1.165, 1.54) is 13.2 Å². The summed E-state index contributed by atoms with van der Waals surface area (Å²) in [5.74, 6) is -1.09. The summed E-state index contributed by atoms with van der Waals surface area (Å²) in [6.07, 6.45) is 1.68. The highest BCUT2D eigenvalue weighted by Crippen LogP contribution is 2.23. The minimum absolute atomic E-state index is 0.196. The van der Waals surface area contributed by atoms with Crippen LogP contribution in [0.2, 0.25) is 0 Å². The van der Waals surface area contributed by atoms with Crippen LogP contribution in [-0.4, -0.2) is 42.9 Å². The van der Waals surface area contributed by atoms with Crippen LogP contribution >= 0.6 is 0 Å². The molecule has 2 amide bonds. The molecule has 0 aliphatic heterocycles. The molecular formula is C19H28N2O4. The molecule has 0 saturated heterocycles. The van der Waals surface area contributed by atoms with Crippen molar-refractivity contribution in [3.8, 4) is 0 Å². The van der Waals surface area contributed by atoms with E-state index < -0.39 is 17.3 Å². The van der Waals surface area contributed by atoms with Gasteiger partial charge in [-0.05, 0) is 44.9 Å². The predicted octanol–water partition coefficient (Wildman–Crippen LogP) is 3.09. The standard InChI is InChI=1S/C19H28N2O4/c1-6-11-21(12-7-2)18(24)19(3,4)17(23)20-15-10-8-9-14(13-15)16(22)25-5/h8-10,13H,6-7,11-12H2,1-5H3,(H,20,23). The van der Waals surface area contributed by atoms with Gasteiger partial charge in [0.1, 0.15) is 5.41 Å². The second kappa shape index (κ2) is 9.20. The summed E-state index contributed by atoms with van der Waals surface area (Å²) in [6, 6.07) is 6.44. The van der Waals surface area contributed by atoms with Gasteiger partial charge in [-0.1, -0.05) is 19.9 Å². The van der Waals surface area contributed by atoms with Crippen LogP contribution in [0.15, 0.2) is 24.3 Å². The van der Waals surface area contributed by atoms with Gasteiger partial charge in [0, 0.05) is 18.8 Å². The number of amides is 2. The van der Waals surface area contributed by atoms with E-state index >= 15 is 0 Å². The second-order valence-corrected chi connectivity index (χ2v) is 6.44. The quantitative estimate of drug-likeness (QED) is 0.578. The molecule has 25 heavy (non-hydrogen) atoms. The Labute approximate surface area is 149 Å². The lowest BCUT2D eigenvalue weighted by Gasteiger charge is -2.30. The highest BCUT2D eigenvalue weighted by atomic mass is 16.5. The maximum atomic E-state index is 12.8. The van der Waals surface area contributed by atoms with E-state index in [9.17, 15) is 14.4 Å². The Hall–Kier alpha value is -2.37. The Morgan fingerprint density at radius 2 is 1.72 bits per heavy atom. The van der Waals surface area contributed by atoms with E-state index in [2.05, 4.69) is 10.1 Å². The number of ether oxygens (including phenoxy) is 1. The summed E-state index contributed by atoms with van der Waals surface area (Å²) in [4.78, 5) is 38.8. The Morgan fingerprint density at radius 3 is 2.24 bits per heavy atom. The maximum absolute atomic E-state index is 12.8. The molecule has 0 aromatic heterocycles. The fourth-order valence-corrected chi connectivity index (χ4v) is 2.48. The third kappa shape index (κ3) is 5.31. The number of carbonyl (C=O) groups excluding carboxylic acids is 3. The summed E-state index contributed by atoms with van der Waals surface area (Å²) in [5.41, 5.74) is -0.416. The van der Waals surface area contributed by atoms with Crippen molar-refractivity contribution in [1.82, 2.24) is 4.90 Å². The molecule has 138 valence electrons. The number of nitrogens with one attached hydrogen (secondary N) is 1. The zero-order chi connectivity index (χ0) is 19.0. The SMILES string of the molecule is CCCN(CCC)C(=O)C(C)(C)C(=O)Nc1cccc(C(=O)OC)c1. The first-order chi connectivity index (χ1) is 11.8. The average molecular weight is 348 g/mol. The van der Waals surface area contributed by atoms with Gasteiger partial charge >= 0.3 is 5.97 Å². The molecule has 0 aliphatic rings. The summed E-state index contributed by atoms with van der Waals surface area (Å²) in [7, 11) is 1.30. The van der Waals surface area contributed by atoms with Crippen molar-refractivity contribution in [1.29, 1.82) is 0 Å². The largest absolute Gasteiger partial charge is 0.465 e. The van der Waals surface area contributed by atoms with Gasteiger partial charge in [0.2, 0.25) is 11.8 Å². The van der Waals surface area contributed by atoms with Gasteiger partial charge in [0.25, 0.3) is 0 Å². The van der Waals surface area contributed by atoms with Gasteiger partial charge in [0.15, 0.2) is 0 Å². The number of hydrogen-bond acceptors (Lipinski definition) is 4. The Bertz CT molecular complexity index is 620. The lowest BCUT2D eigenvalue weighted by molar-refractivity contribution is -0.146. The van der Waals surface area contributed by atoms with Crippen LogP contribution in [0, 0.1) is 5.41 Å². The Morgan fingerprint density at radius 1 is 1.12 bits per heavy atom. The number of carbonyl (C=O) groups is 3. The second-order valence-electron chi connectivity index (χ2n) is 6.44. The molecule has 0 radical (unpaired) electrons. The van der Waals surface area contributed by atoms with E-state index in [-0.39, 0.29) is 5.91 Å². The average Bonchev–Trinajstić information content (AvgIpc) is 2.60. The van der Waals surface area contributed by atoms with E-state index in [1.54, 1.807) is 36.9 Å². The third-order valence-electron chi connectivity index (χ3n) is 3.92. The molecule has 6 nitrogen and oxygen atoms in total. The zero-order valence-corrected chi connectivity index (χ0v) is 15.7. The molecule has 0 bridgehead atoms. The molecule has 6 heteroatoms. The highest BCUT2D eigenvalue weighted by Gasteiger charge is 2.38. The molecular weight excluding hydrogens is 320 g/mol. The highest BCUT2D eigenvalue weighted by molar-refractivity contribution is 6.10. The summed E-state index contributed by atoms with van der Waals surface area (Å²) < 4.78 is 4.67. The summed E-state index contributed by atoms with van der Waals surface area (Å²) in [5, 5.41) is 2.73. The minimum atomic E-state index is -1.20. The smallest absolute Gasteiger partial charge is 0.337 e. The van der Waals surface area contributed by atoms with Crippen molar-refractivity contribution in [3.63, 3.8) is 0 Å². The molecule has 0 unspecified atom stereocenters. The van der Waals surface area contributed by atoms with Crippen molar-refractivity contribution < 1.29 is 19.1 Å². The lowest BCUT2D eigenvalue weighted by Crippen LogP contribution is -2.47. The number of rotatable bonds is 8. The lowest BCUT2D eigenvalue weighted by atomic mass is 9.90. The third-order valence-corrected chi connectivity index (χ3v) is 3.92. The molecule has 0 atom stereocenters. The minimum Gasteiger partial charge on any atom is -0.465 e. The van der Waals surface area contributed by atoms with Crippen LogP contribution in [0.3, 0.4) is 0 Å². The van der Waals surface area contributed by atoms with Crippen LogP contribution in [0.5, 0.6) is 0 Å². The van der Waals surface area contributed by atoms with Gasteiger partial charge < -0.3 is 15.0 Å². The van der Waals surface area contributed by atoms with Crippen molar-refractivity contribution >= 4 is 23.5 Å². The summed E-state index contributed by atoms with van der Waals surface area (Å²) >= 11 is 0. The van der Waals surface area contributed by atoms with E-state index in [0.29, 0.717) is 24.3 Å². The fraction of sp³-hybridized carbons (Fsp3) is 0.526. The van der Waals surface area contributed by atoms with Gasteiger partial charge in [-0.3, -0.25) is 9.59 Å². The van der Waals surface area contributed by atoms with E-state index in [4.69, 9.17) is 0 Å². The number of hydrogen-bond donors (Lipinski definition) is 1. The summed E-state index contributed by atoms with van der Waals surface area (Å²) in [6.45, 7) is 8.49. The molecule has 1 aromatic rings. The number of anilines is 1. The first kappa shape index (κ1) is 20.7.